The quantitative estimate of drug-likeness (QED) is 0.707. The van der Waals surface area contributed by atoms with Crippen molar-refractivity contribution in [3.8, 4) is 0 Å². The van der Waals surface area contributed by atoms with Crippen LogP contribution in [0, 0.1) is 17.1 Å². The van der Waals surface area contributed by atoms with E-state index >= 15 is 0 Å². The lowest BCUT2D eigenvalue weighted by Gasteiger charge is -2.01. The molecule has 74 valence electrons. The van der Waals surface area contributed by atoms with E-state index in [1.165, 1.54) is 18.3 Å². The summed E-state index contributed by atoms with van der Waals surface area (Å²) in [4.78, 5) is 0. The van der Waals surface area contributed by atoms with E-state index in [1.54, 1.807) is 6.07 Å². The van der Waals surface area contributed by atoms with Crippen molar-refractivity contribution in [2.45, 2.75) is 13.8 Å². The number of allylic oxidation sites excluding steroid dienone is 1. The van der Waals surface area contributed by atoms with Crippen molar-refractivity contribution in [3.05, 3.63) is 41.2 Å². The number of hydrogen-bond donors (Lipinski definition) is 1. The Morgan fingerprint density at radius 3 is 2.57 bits per heavy atom. The first-order valence-electron chi connectivity index (χ1n) is 4.61. The van der Waals surface area contributed by atoms with Crippen molar-refractivity contribution in [1.82, 2.24) is 0 Å². The zero-order valence-electron chi connectivity index (χ0n) is 8.42. The van der Waals surface area contributed by atoms with E-state index in [9.17, 15) is 4.39 Å². The highest BCUT2D eigenvalue weighted by atomic mass is 19.1. The average molecular weight is 191 g/mol. The third-order valence-corrected chi connectivity index (χ3v) is 1.87. The Morgan fingerprint density at radius 2 is 2.00 bits per heavy atom. The second-order valence-electron chi connectivity index (χ2n) is 3.52. The lowest BCUT2D eigenvalue weighted by Crippen LogP contribution is -1.88. The lowest BCUT2D eigenvalue weighted by molar-refractivity contribution is 0.627. The van der Waals surface area contributed by atoms with Gasteiger partial charge in [0, 0.05) is 6.21 Å². The number of benzene rings is 1. The van der Waals surface area contributed by atoms with Gasteiger partial charge in [0.1, 0.15) is 5.82 Å². The van der Waals surface area contributed by atoms with E-state index < -0.39 is 0 Å². The van der Waals surface area contributed by atoms with Crippen molar-refractivity contribution in [3.63, 3.8) is 0 Å². The molecule has 0 fully saturated rings. The van der Waals surface area contributed by atoms with Crippen LogP contribution in [0.4, 0.5) is 4.39 Å². The first-order valence-corrected chi connectivity index (χ1v) is 4.61. The van der Waals surface area contributed by atoms with E-state index in [2.05, 4.69) is 13.8 Å². The molecule has 0 aliphatic rings. The number of halogens is 1. The molecule has 1 aromatic carbocycles. The van der Waals surface area contributed by atoms with Gasteiger partial charge in [-0.3, -0.25) is 0 Å². The first kappa shape index (κ1) is 10.6. The van der Waals surface area contributed by atoms with Gasteiger partial charge in [-0.15, -0.1) is 0 Å². The summed E-state index contributed by atoms with van der Waals surface area (Å²) in [6, 6.07) is 4.43. The predicted octanol–water partition coefficient (Wildman–Crippen LogP) is 3.49. The molecule has 2 heteroatoms. The summed E-state index contributed by atoms with van der Waals surface area (Å²) in [5.74, 6) is 0.163. The molecular weight excluding hydrogens is 177 g/mol. The van der Waals surface area contributed by atoms with Gasteiger partial charge in [0.15, 0.2) is 0 Å². The fourth-order valence-electron chi connectivity index (χ4n) is 1.12. The molecule has 0 heterocycles. The number of nitrogens with one attached hydrogen (secondary N) is 1. The second kappa shape index (κ2) is 4.70. The Hall–Kier alpha value is -1.44. The molecule has 0 saturated heterocycles. The lowest BCUT2D eigenvalue weighted by atomic mass is 10.1. The largest absolute Gasteiger partial charge is 0.308 e. The van der Waals surface area contributed by atoms with Gasteiger partial charge in [-0.25, -0.2) is 4.39 Å². The maximum absolute atomic E-state index is 12.9. The Morgan fingerprint density at radius 1 is 1.29 bits per heavy atom. The summed E-state index contributed by atoms with van der Waals surface area (Å²) in [5.41, 5.74) is 1.50. The summed E-state index contributed by atoms with van der Waals surface area (Å²) in [7, 11) is 0. The molecular formula is C12H14FN. The standard InChI is InChI=1S/C12H14FN/c1-9(2)3-4-10-7-12(13)6-5-11(10)8-14/h3-9,14H,1-2H3/b4-3-,14-8?. The second-order valence-corrected chi connectivity index (χ2v) is 3.52. The SMILES string of the molecule is CC(C)/C=C\c1cc(F)ccc1C=N. The van der Waals surface area contributed by atoms with Gasteiger partial charge < -0.3 is 5.41 Å². The molecule has 0 aliphatic carbocycles. The van der Waals surface area contributed by atoms with Crippen molar-refractivity contribution in [2.75, 3.05) is 0 Å². The normalized spacial score (nSPS) is 11.1. The zero-order valence-corrected chi connectivity index (χ0v) is 8.42. The van der Waals surface area contributed by atoms with Crippen molar-refractivity contribution in [1.29, 1.82) is 5.41 Å². The van der Waals surface area contributed by atoms with Crippen molar-refractivity contribution in [2.24, 2.45) is 5.92 Å². The van der Waals surface area contributed by atoms with E-state index in [1.807, 2.05) is 12.2 Å². The monoisotopic (exact) mass is 191 g/mol. The van der Waals surface area contributed by atoms with Crippen LogP contribution in [0.3, 0.4) is 0 Å². The Kier molecular flexibility index (Phi) is 3.57. The van der Waals surface area contributed by atoms with Gasteiger partial charge >= 0.3 is 0 Å². The van der Waals surface area contributed by atoms with Gasteiger partial charge in [-0.2, -0.15) is 0 Å². The molecule has 0 aliphatic heterocycles. The molecule has 0 amide bonds. The van der Waals surface area contributed by atoms with E-state index in [0.717, 1.165) is 11.1 Å². The predicted molar refractivity (Wildman–Crippen MR) is 58.2 cm³/mol. The molecule has 1 aromatic rings. The molecule has 0 bridgehead atoms. The number of rotatable bonds is 3. The Bertz CT molecular complexity index is 353. The van der Waals surface area contributed by atoms with Crippen LogP contribution in [0.15, 0.2) is 24.3 Å². The minimum absolute atomic E-state index is 0.265. The van der Waals surface area contributed by atoms with Gasteiger partial charge in [0.25, 0.3) is 0 Å². The molecule has 1 N–H and O–H groups in total. The molecule has 1 nitrogen and oxygen atoms in total. The van der Waals surface area contributed by atoms with Crippen LogP contribution in [0.25, 0.3) is 6.08 Å². The van der Waals surface area contributed by atoms with Crippen LogP contribution in [0.1, 0.15) is 25.0 Å². The minimum atomic E-state index is -0.265. The van der Waals surface area contributed by atoms with E-state index in [-0.39, 0.29) is 5.82 Å². The summed E-state index contributed by atoms with van der Waals surface area (Å²) in [6.07, 6.45) is 5.08. The highest BCUT2D eigenvalue weighted by Crippen LogP contribution is 2.12. The van der Waals surface area contributed by atoms with Gasteiger partial charge in [0.05, 0.1) is 0 Å². The van der Waals surface area contributed by atoms with Gasteiger partial charge in [-0.1, -0.05) is 26.0 Å². The fraction of sp³-hybridized carbons (Fsp3) is 0.250. The van der Waals surface area contributed by atoms with Crippen LogP contribution < -0.4 is 0 Å². The molecule has 0 saturated carbocycles. The van der Waals surface area contributed by atoms with Crippen molar-refractivity contribution < 1.29 is 4.39 Å². The maximum atomic E-state index is 12.9. The molecule has 14 heavy (non-hydrogen) atoms. The first-order chi connectivity index (χ1) is 6.63. The van der Waals surface area contributed by atoms with Crippen LogP contribution in [0.5, 0.6) is 0 Å². The Labute approximate surface area is 83.8 Å². The molecule has 0 unspecified atom stereocenters. The summed E-state index contributed by atoms with van der Waals surface area (Å²) >= 11 is 0. The van der Waals surface area contributed by atoms with Crippen molar-refractivity contribution >= 4 is 12.3 Å². The molecule has 0 atom stereocenters. The minimum Gasteiger partial charge on any atom is -0.308 e. The Balaban J connectivity index is 3.04. The molecule has 0 spiro atoms. The van der Waals surface area contributed by atoms with Crippen LogP contribution in [-0.4, -0.2) is 6.21 Å². The molecule has 0 radical (unpaired) electrons. The van der Waals surface area contributed by atoms with Crippen LogP contribution >= 0.6 is 0 Å². The molecule has 1 rings (SSSR count). The topological polar surface area (TPSA) is 23.9 Å². The highest BCUT2D eigenvalue weighted by Gasteiger charge is 1.98. The number of hydrogen-bond acceptors (Lipinski definition) is 1. The highest BCUT2D eigenvalue weighted by molar-refractivity contribution is 5.83. The van der Waals surface area contributed by atoms with E-state index in [0.29, 0.717) is 5.92 Å². The summed E-state index contributed by atoms with van der Waals surface area (Å²) in [6.45, 7) is 4.11. The summed E-state index contributed by atoms with van der Waals surface area (Å²) < 4.78 is 12.9. The smallest absolute Gasteiger partial charge is 0.123 e. The average Bonchev–Trinajstić information content (AvgIpc) is 2.15. The zero-order chi connectivity index (χ0) is 10.6. The van der Waals surface area contributed by atoms with Crippen LogP contribution in [-0.2, 0) is 0 Å². The summed E-state index contributed by atoms with van der Waals surface area (Å²) in [5, 5.41) is 7.16. The third kappa shape index (κ3) is 2.80. The van der Waals surface area contributed by atoms with Gasteiger partial charge in [0.2, 0.25) is 0 Å². The maximum Gasteiger partial charge on any atom is 0.123 e. The molecule has 0 aromatic heterocycles. The van der Waals surface area contributed by atoms with Crippen LogP contribution in [0.2, 0.25) is 0 Å². The van der Waals surface area contributed by atoms with E-state index in [4.69, 9.17) is 5.41 Å². The fourth-order valence-corrected chi connectivity index (χ4v) is 1.12. The van der Waals surface area contributed by atoms with Gasteiger partial charge in [-0.05, 0) is 35.2 Å². The third-order valence-electron chi connectivity index (χ3n) is 1.87.